The summed E-state index contributed by atoms with van der Waals surface area (Å²) in [5.41, 5.74) is 7.74. The number of amidine groups is 2. The normalized spacial score (nSPS) is 12.8. The number of aryl methyl sites for hydroxylation is 4. The first-order valence-corrected chi connectivity index (χ1v) is 28.2. The molecule has 0 amide bonds. The van der Waals surface area contributed by atoms with E-state index >= 15 is 4.39 Å². The van der Waals surface area contributed by atoms with Crippen molar-refractivity contribution in [3.8, 4) is 16.8 Å². The first-order valence-electron chi connectivity index (χ1n) is 25.4. The molecule has 2 aliphatic heterocycles. The standard InChI is InChI=1S/C29H30FN5O4.C10H14BrN3O2S.C10H12BrN3O2.C6H7BrN2O/c1-29(2,3)19-11-17-14-32-35(27(38)25(17)22(30)13-19)24-8-5-7-20(21(24)16-36)18-12-23(26(37)34(4)15-18)33-28-31-9-6-10-39-28;1-14-6-7(11)5-8(9(14)16)13-10(17)12-3-2-4-15;1-14-6-7(11)5-8(9(14)15)13-10-12-3-2-4-16-10;1-9-3-4(7)2-5(8)6(9)10/h5,7-8,11-15,36H,6,9-10,16H2,1-4H3,(H,31,33);5-6,15H,2-4H2,1H3,(H2,12,13,17);5-6H,2-4H2,1H3,(H,12,13);2-3H,8H2,1H3. The highest BCUT2D eigenvalue weighted by Crippen LogP contribution is 2.31. The van der Waals surface area contributed by atoms with Crippen molar-refractivity contribution >= 4 is 111 Å². The Bertz CT molecular complexity index is 3830. The molecule has 2 aliphatic rings. The van der Waals surface area contributed by atoms with Crippen molar-refractivity contribution in [1.82, 2.24) is 33.4 Å². The van der Waals surface area contributed by atoms with Crippen molar-refractivity contribution in [1.29, 1.82) is 0 Å². The minimum atomic E-state index is -0.632. The number of pyridine rings is 4. The lowest BCUT2D eigenvalue weighted by Gasteiger charge is -2.20. The Morgan fingerprint density at radius 2 is 1.27 bits per heavy atom. The van der Waals surface area contributed by atoms with Crippen molar-refractivity contribution < 1.29 is 24.1 Å². The molecule has 82 heavy (non-hydrogen) atoms. The van der Waals surface area contributed by atoms with Crippen LogP contribution in [0.1, 0.15) is 51.2 Å². The Morgan fingerprint density at radius 1 is 0.732 bits per heavy atom. The van der Waals surface area contributed by atoms with Crippen LogP contribution in [0.4, 0.5) is 27.1 Å². The Hall–Kier alpha value is -7.30. The predicted molar refractivity (Wildman–Crippen MR) is 334 cm³/mol. The molecule has 436 valence electrons. The van der Waals surface area contributed by atoms with Crippen LogP contribution in [-0.4, -0.2) is 94.9 Å². The highest BCUT2D eigenvalue weighted by Gasteiger charge is 2.22. The number of hydrogen-bond donors (Lipinski definition) is 7. The lowest BCUT2D eigenvalue weighted by atomic mass is 9.86. The topological polar surface area (TPSA) is 281 Å². The van der Waals surface area contributed by atoms with Gasteiger partial charge in [-0.25, -0.2) is 14.4 Å². The van der Waals surface area contributed by atoms with Crippen molar-refractivity contribution in [3.63, 3.8) is 0 Å². The van der Waals surface area contributed by atoms with Crippen molar-refractivity contribution in [2.45, 2.75) is 52.1 Å². The maximum atomic E-state index is 15.2. The van der Waals surface area contributed by atoms with Gasteiger partial charge in [0.25, 0.3) is 39.8 Å². The number of ether oxygens (including phenoxy) is 2. The van der Waals surface area contributed by atoms with Gasteiger partial charge in [-0.3, -0.25) is 24.0 Å². The van der Waals surface area contributed by atoms with E-state index in [1.54, 1.807) is 102 Å². The maximum Gasteiger partial charge on any atom is 0.289 e. The molecule has 0 radical (unpaired) electrons. The third-order valence-corrected chi connectivity index (χ3v) is 13.7. The average Bonchev–Trinajstić information content (AvgIpc) is 2.43. The van der Waals surface area contributed by atoms with Gasteiger partial charge in [0.15, 0.2) is 5.11 Å². The second-order valence-electron chi connectivity index (χ2n) is 19.5. The number of rotatable bonds is 9. The monoisotopic (exact) mass is 1340 g/mol. The molecule has 0 spiro atoms. The van der Waals surface area contributed by atoms with Gasteiger partial charge in [-0.15, -0.1) is 0 Å². The number of aliphatic hydroxyl groups is 2. The van der Waals surface area contributed by atoms with Crippen LogP contribution in [0.25, 0.3) is 27.6 Å². The van der Waals surface area contributed by atoms with Crippen molar-refractivity contribution in [2.24, 2.45) is 38.2 Å². The zero-order chi connectivity index (χ0) is 60.0. The molecular formula is C55H63Br3FN13O9S. The summed E-state index contributed by atoms with van der Waals surface area (Å²) in [5, 5.41) is 35.7. The Morgan fingerprint density at radius 3 is 1.80 bits per heavy atom. The molecule has 7 heterocycles. The number of fused-ring (bicyclic) bond motifs is 1. The fourth-order valence-electron chi connectivity index (χ4n) is 7.96. The molecule has 2 aromatic carbocycles. The van der Waals surface area contributed by atoms with Crippen molar-refractivity contribution in [3.05, 3.63) is 168 Å². The molecule has 27 heteroatoms. The van der Waals surface area contributed by atoms with Gasteiger partial charge in [-0.1, -0.05) is 32.9 Å². The number of nitrogens with zero attached hydrogens (tertiary/aromatic N) is 8. The van der Waals surface area contributed by atoms with Crippen LogP contribution in [0.3, 0.4) is 0 Å². The van der Waals surface area contributed by atoms with Crippen LogP contribution in [0.15, 0.2) is 133 Å². The van der Waals surface area contributed by atoms with E-state index in [1.807, 2.05) is 20.8 Å². The number of nitrogens with two attached hydrogens (primary N) is 1. The highest BCUT2D eigenvalue weighted by molar-refractivity contribution is 9.11. The number of halogens is 4. The number of nitrogens with one attached hydrogen (secondary N) is 4. The molecule has 8 N–H and O–H groups in total. The number of aliphatic imine (C=N–C) groups is 2. The highest BCUT2D eigenvalue weighted by atomic mass is 79.9. The largest absolute Gasteiger partial charge is 0.465 e. The van der Waals surface area contributed by atoms with E-state index in [-0.39, 0.29) is 57.0 Å². The lowest BCUT2D eigenvalue weighted by Crippen LogP contribution is -2.32. The zero-order valence-corrected chi connectivity index (χ0v) is 51.6. The summed E-state index contributed by atoms with van der Waals surface area (Å²) in [5.74, 6) is -0.623. The number of aliphatic hydroxyl groups excluding tert-OH is 2. The Labute approximate surface area is 500 Å². The van der Waals surface area contributed by atoms with Crippen LogP contribution in [0, 0.1) is 5.82 Å². The number of thiocarbonyl (C=S) groups is 1. The number of aromatic nitrogens is 6. The SMILES string of the molecule is Cn1cc(-c2cccc(-n3ncc4cc(C(C)(C)C)cc(F)c4c3=O)c2CO)cc(NC2=NCCCO2)c1=O.Cn1cc(Br)cc(N)c1=O.Cn1cc(Br)cc(NC(=S)NCCCO)c1=O.Cn1cc(Br)cc(NC2=NCCCO2)c1=O. The average molecular weight is 1340 g/mol. The predicted octanol–water partition coefficient (Wildman–Crippen LogP) is 6.75. The lowest BCUT2D eigenvalue weighted by molar-refractivity contribution is 0.281. The minimum Gasteiger partial charge on any atom is -0.465 e. The third-order valence-electron chi connectivity index (χ3n) is 12.2. The molecule has 0 saturated carbocycles. The summed E-state index contributed by atoms with van der Waals surface area (Å²) in [4.78, 5) is 69.2. The van der Waals surface area contributed by atoms with Crippen molar-refractivity contribution in [2.75, 3.05) is 61.1 Å². The van der Waals surface area contributed by atoms with Gasteiger partial charge in [-0.05, 0) is 125 Å². The van der Waals surface area contributed by atoms with E-state index in [2.05, 4.69) is 84.1 Å². The first-order chi connectivity index (χ1) is 38.9. The molecule has 0 bridgehead atoms. The van der Waals surface area contributed by atoms with E-state index in [9.17, 15) is 29.1 Å². The second kappa shape index (κ2) is 29.1. The molecule has 9 rings (SSSR count). The molecule has 5 aromatic heterocycles. The summed E-state index contributed by atoms with van der Waals surface area (Å²) in [6.45, 7) is 8.64. The Balaban J connectivity index is 0.000000206. The second-order valence-corrected chi connectivity index (χ2v) is 22.7. The summed E-state index contributed by atoms with van der Waals surface area (Å²) in [6.07, 6.45) is 10.5. The number of hydrogen-bond acceptors (Lipinski definition) is 16. The number of benzene rings is 2. The van der Waals surface area contributed by atoms with Gasteiger partial charge < -0.3 is 65.0 Å². The fourth-order valence-corrected chi connectivity index (χ4v) is 9.80. The first kappa shape index (κ1) is 63.9. The van der Waals surface area contributed by atoms with E-state index in [0.717, 1.165) is 43.0 Å². The molecule has 7 aromatic rings. The molecule has 0 aliphatic carbocycles. The van der Waals surface area contributed by atoms with Crippen LogP contribution < -0.4 is 54.8 Å². The van der Waals surface area contributed by atoms with E-state index in [0.29, 0.717) is 83.0 Å². The smallest absolute Gasteiger partial charge is 0.289 e. The Kier molecular flexibility index (Phi) is 22.7. The van der Waals surface area contributed by atoms with Crippen LogP contribution >= 0.6 is 60.0 Å². The molecule has 0 saturated heterocycles. The third kappa shape index (κ3) is 16.9. The van der Waals surface area contributed by atoms with Crippen LogP contribution in [0.5, 0.6) is 0 Å². The van der Waals surface area contributed by atoms with E-state index in [4.69, 9.17) is 32.5 Å². The number of anilines is 4. The molecule has 0 unspecified atom stereocenters. The van der Waals surface area contributed by atoms with Crippen LogP contribution in [0.2, 0.25) is 0 Å². The fraction of sp³-hybridized carbons (Fsp3) is 0.327. The van der Waals surface area contributed by atoms with Gasteiger partial charge in [0, 0.05) is 122 Å². The van der Waals surface area contributed by atoms with Gasteiger partial charge in [0.1, 0.15) is 22.9 Å². The van der Waals surface area contributed by atoms with Gasteiger partial charge in [-0.2, -0.15) is 9.78 Å². The summed E-state index contributed by atoms with van der Waals surface area (Å²) < 4.78 is 35.4. The van der Waals surface area contributed by atoms with E-state index < -0.39 is 18.0 Å². The summed E-state index contributed by atoms with van der Waals surface area (Å²) in [7, 11) is 6.64. The molecular weight excluding hydrogens is 1280 g/mol. The van der Waals surface area contributed by atoms with Gasteiger partial charge >= 0.3 is 0 Å². The van der Waals surface area contributed by atoms with Gasteiger partial charge in [0.2, 0.25) is 0 Å². The summed E-state index contributed by atoms with van der Waals surface area (Å²) >= 11 is 14.9. The molecule has 22 nitrogen and oxygen atoms in total. The molecule has 0 fully saturated rings. The molecule has 0 atom stereocenters. The number of nitrogen functional groups attached to an aromatic ring is 1. The van der Waals surface area contributed by atoms with E-state index in [1.165, 1.54) is 30.5 Å². The minimum absolute atomic E-state index is 0.0749. The zero-order valence-electron chi connectivity index (χ0n) is 46.0. The summed E-state index contributed by atoms with van der Waals surface area (Å²) in [6, 6.07) is 15.6. The van der Waals surface area contributed by atoms with Gasteiger partial charge in [0.05, 0.1) is 42.8 Å². The maximum absolute atomic E-state index is 15.2. The quantitative estimate of drug-likeness (QED) is 0.0581. The van der Waals surface area contributed by atoms with Crippen LogP contribution in [-0.2, 0) is 49.7 Å².